The van der Waals surface area contributed by atoms with Crippen molar-refractivity contribution in [3.63, 3.8) is 0 Å². The molecule has 7 nitrogen and oxygen atoms in total. The highest BCUT2D eigenvalue weighted by Crippen LogP contribution is 2.26. The number of aromatic nitrogens is 1. The van der Waals surface area contributed by atoms with Crippen molar-refractivity contribution in [3.8, 4) is 0 Å². The first-order valence-electron chi connectivity index (χ1n) is 10.2. The fraction of sp³-hybridized carbons (Fsp3) is 0.455. The number of aromatic amines is 1. The number of anilines is 1. The minimum absolute atomic E-state index is 0.110. The molecule has 0 aliphatic carbocycles. The van der Waals surface area contributed by atoms with Crippen molar-refractivity contribution in [2.75, 3.05) is 18.4 Å². The summed E-state index contributed by atoms with van der Waals surface area (Å²) in [5, 5.41) is 2.77. The van der Waals surface area contributed by atoms with E-state index in [2.05, 4.69) is 10.3 Å². The highest BCUT2D eigenvalue weighted by Gasteiger charge is 2.27. The smallest absolute Gasteiger partial charge is 0.272 e. The Morgan fingerprint density at radius 2 is 1.67 bits per heavy atom. The van der Waals surface area contributed by atoms with Crippen molar-refractivity contribution in [1.29, 1.82) is 0 Å². The van der Waals surface area contributed by atoms with Crippen LogP contribution in [0.3, 0.4) is 0 Å². The second-order valence-electron chi connectivity index (χ2n) is 7.93. The number of hydrogen-bond donors (Lipinski definition) is 2. The Hall–Kier alpha value is -2.45. The summed E-state index contributed by atoms with van der Waals surface area (Å²) in [5.41, 5.74) is 3.07. The number of carbonyl (C=O) groups excluding carboxylic acids is 2. The van der Waals surface area contributed by atoms with Crippen molar-refractivity contribution in [2.45, 2.75) is 58.3 Å². The number of nitrogens with zero attached hydrogens (tertiary/aromatic N) is 1. The van der Waals surface area contributed by atoms with Gasteiger partial charge in [0.2, 0.25) is 10.0 Å². The number of rotatable bonds is 5. The Kier molecular flexibility index (Phi) is 6.47. The SMILES string of the molecule is CC(=O)c1c(C)[nH]c(C(=O)Nc2ccc(C)c(S(=O)(=O)N3CCCCCC3)c2)c1C. The maximum Gasteiger partial charge on any atom is 0.272 e. The van der Waals surface area contributed by atoms with E-state index in [9.17, 15) is 18.0 Å². The average Bonchev–Trinajstić information content (AvgIpc) is 2.86. The van der Waals surface area contributed by atoms with Crippen molar-refractivity contribution in [1.82, 2.24) is 9.29 Å². The van der Waals surface area contributed by atoms with E-state index in [0.29, 0.717) is 46.9 Å². The van der Waals surface area contributed by atoms with Crippen LogP contribution in [0.1, 0.15) is 70.3 Å². The maximum absolute atomic E-state index is 13.2. The Balaban J connectivity index is 1.89. The van der Waals surface area contributed by atoms with Gasteiger partial charge in [-0.05, 0) is 63.8 Å². The van der Waals surface area contributed by atoms with Crippen LogP contribution in [0.5, 0.6) is 0 Å². The number of aryl methyl sites for hydroxylation is 2. The molecule has 2 heterocycles. The first-order chi connectivity index (χ1) is 14.1. The molecule has 1 aliphatic heterocycles. The van der Waals surface area contributed by atoms with Crippen LogP contribution in [-0.4, -0.2) is 42.5 Å². The minimum Gasteiger partial charge on any atom is -0.354 e. The standard InChI is InChI=1S/C22H29N3O4S/c1-14-9-10-18(13-19(14)30(28,29)25-11-7-5-6-8-12-25)24-22(27)21-15(2)20(17(4)26)16(3)23-21/h9-10,13,23H,5-8,11-12H2,1-4H3,(H,24,27). The Morgan fingerprint density at radius 1 is 1.03 bits per heavy atom. The largest absolute Gasteiger partial charge is 0.354 e. The van der Waals surface area contributed by atoms with Gasteiger partial charge >= 0.3 is 0 Å². The van der Waals surface area contributed by atoms with Gasteiger partial charge in [-0.1, -0.05) is 18.9 Å². The van der Waals surface area contributed by atoms with Gasteiger partial charge in [0.05, 0.1) is 4.90 Å². The number of sulfonamides is 1. The van der Waals surface area contributed by atoms with Gasteiger partial charge in [0.15, 0.2) is 5.78 Å². The van der Waals surface area contributed by atoms with Crippen LogP contribution < -0.4 is 5.32 Å². The van der Waals surface area contributed by atoms with E-state index in [0.717, 1.165) is 25.7 Å². The lowest BCUT2D eigenvalue weighted by Crippen LogP contribution is -2.32. The van der Waals surface area contributed by atoms with Crippen molar-refractivity contribution in [3.05, 3.63) is 46.3 Å². The summed E-state index contributed by atoms with van der Waals surface area (Å²) >= 11 is 0. The van der Waals surface area contributed by atoms with Crippen LogP contribution in [0.25, 0.3) is 0 Å². The van der Waals surface area contributed by atoms with Gasteiger partial charge in [0.25, 0.3) is 5.91 Å². The lowest BCUT2D eigenvalue weighted by molar-refractivity contribution is 0.101. The lowest BCUT2D eigenvalue weighted by Gasteiger charge is -2.21. The van der Waals surface area contributed by atoms with Gasteiger partial charge in [0, 0.05) is 30.0 Å². The molecule has 0 unspecified atom stereocenters. The van der Waals surface area contributed by atoms with Crippen molar-refractivity contribution < 1.29 is 18.0 Å². The molecule has 162 valence electrons. The molecule has 30 heavy (non-hydrogen) atoms. The summed E-state index contributed by atoms with van der Waals surface area (Å²) in [7, 11) is -3.63. The number of hydrogen-bond acceptors (Lipinski definition) is 4. The quantitative estimate of drug-likeness (QED) is 0.700. The molecular weight excluding hydrogens is 402 g/mol. The molecule has 1 aliphatic rings. The van der Waals surface area contributed by atoms with Crippen LogP contribution in [0.15, 0.2) is 23.1 Å². The van der Waals surface area contributed by atoms with Crippen LogP contribution >= 0.6 is 0 Å². The fourth-order valence-corrected chi connectivity index (χ4v) is 5.84. The van der Waals surface area contributed by atoms with Gasteiger partial charge < -0.3 is 10.3 Å². The highest BCUT2D eigenvalue weighted by molar-refractivity contribution is 7.89. The summed E-state index contributed by atoms with van der Waals surface area (Å²) in [6.45, 7) is 7.73. The molecule has 1 amide bonds. The van der Waals surface area contributed by atoms with Crippen LogP contribution in [0, 0.1) is 20.8 Å². The summed E-state index contributed by atoms with van der Waals surface area (Å²) < 4.78 is 28.0. The van der Waals surface area contributed by atoms with E-state index < -0.39 is 15.9 Å². The van der Waals surface area contributed by atoms with E-state index in [1.165, 1.54) is 13.0 Å². The van der Waals surface area contributed by atoms with Gasteiger partial charge in [-0.15, -0.1) is 0 Å². The predicted octanol–water partition coefficient (Wildman–Crippen LogP) is 3.96. The normalized spacial score (nSPS) is 15.6. The molecule has 0 saturated carbocycles. The number of amides is 1. The molecule has 3 rings (SSSR count). The molecule has 1 aromatic heterocycles. The molecule has 8 heteroatoms. The Labute approximate surface area is 177 Å². The van der Waals surface area contributed by atoms with Gasteiger partial charge in [0.1, 0.15) is 5.69 Å². The maximum atomic E-state index is 13.2. The number of benzene rings is 1. The van der Waals surface area contributed by atoms with E-state index in [1.54, 1.807) is 37.2 Å². The first kappa shape index (κ1) is 22.2. The molecule has 0 spiro atoms. The molecular formula is C22H29N3O4S. The number of ketones is 1. The van der Waals surface area contributed by atoms with Crippen LogP contribution in [0.4, 0.5) is 5.69 Å². The van der Waals surface area contributed by atoms with Crippen LogP contribution in [0.2, 0.25) is 0 Å². The topological polar surface area (TPSA) is 99.3 Å². The van der Waals surface area contributed by atoms with Gasteiger partial charge in [-0.3, -0.25) is 9.59 Å². The second-order valence-corrected chi connectivity index (χ2v) is 9.84. The molecule has 1 saturated heterocycles. The molecule has 0 atom stereocenters. The lowest BCUT2D eigenvalue weighted by atomic mass is 10.1. The second kappa shape index (κ2) is 8.73. The molecule has 1 fully saturated rings. The minimum atomic E-state index is -3.63. The first-order valence-corrected chi connectivity index (χ1v) is 11.7. The highest BCUT2D eigenvalue weighted by atomic mass is 32.2. The summed E-state index contributed by atoms with van der Waals surface area (Å²) in [4.78, 5) is 27.8. The third kappa shape index (κ3) is 4.34. The molecule has 1 aromatic carbocycles. The van der Waals surface area contributed by atoms with E-state index in [-0.39, 0.29) is 10.7 Å². The number of H-pyrrole nitrogens is 1. The number of nitrogens with one attached hydrogen (secondary N) is 2. The molecule has 0 radical (unpaired) electrons. The zero-order chi connectivity index (χ0) is 22.1. The van der Waals surface area contributed by atoms with E-state index in [4.69, 9.17) is 0 Å². The zero-order valence-electron chi connectivity index (χ0n) is 18.0. The molecule has 2 aromatic rings. The summed E-state index contributed by atoms with van der Waals surface area (Å²) in [6.07, 6.45) is 3.80. The van der Waals surface area contributed by atoms with Crippen molar-refractivity contribution >= 4 is 27.4 Å². The fourth-order valence-electron chi connectivity index (χ4n) is 4.08. The average molecular weight is 432 g/mol. The summed E-state index contributed by atoms with van der Waals surface area (Å²) in [5.74, 6) is -0.522. The Morgan fingerprint density at radius 3 is 2.23 bits per heavy atom. The van der Waals surface area contributed by atoms with E-state index in [1.807, 2.05) is 0 Å². The summed E-state index contributed by atoms with van der Waals surface area (Å²) in [6, 6.07) is 4.91. The predicted molar refractivity (Wildman–Crippen MR) is 117 cm³/mol. The molecule has 0 bridgehead atoms. The van der Waals surface area contributed by atoms with Crippen LogP contribution in [-0.2, 0) is 10.0 Å². The van der Waals surface area contributed by atoms with Gasteiger partial charge in [-0.2, -0.15) is 4.31 Å². The van der Waals surface area contributed by atoms with Crippen molar-refractivity contribution in [2.24, 2.45) is 0 Å². The Bertz CT molecular complexity index is 1080. The number of Topliss-reactive ketones (excluding diaryl/α,β-unsaturated/α-hetero) is 1. The van der Waals surface area contributed by atoms with E-state index >= 15 is 0 Å². The third-order valence-electron chi connectivity index (χ3n) is 5.65. The monoisotopic (exact) mass is 431 g/mol. The third-order valence-corrected chi connectivity index (χ3v) is 7.69. The number of carbonyl (C=O) groups is 2. The molecule has 2 N–H and O–H groups in total. The van der Waals surface area contributed by atoms with Gasteiger partial charge in [-0.25, -0.2) is 8.42 Å². The zero-order valence-corrected chi connectivity index (χ0v) is 18.8.